The van der Waals surface area contributed by atoms with E-state index in [1.165, 1.54) is 16.7 Å². The first kappa shape index (κ1) is 47.2. The van der Waals surface area contributed by atoms with Gasteiger partial charge in [-0.2, -0.15) is 0 Å². The Kier molecular flexibility index (Phi) is 20.0. The Morgan fingerprint density at radius 1 is 0.473 bits per heavy atom. The second-order valence-corrected chi connectivity index (χ2v) is 14.3. The number of aryl methyl sites for hydroxylation is 3. The van der Waals surface area contributed by atoms with E-state index in [1.54, 1.807) is 0 Å². The van der Waals surface area contributed by atoms with E-state index in [0.717, 1.165) is 44.5 Å². The van der Waals surface area contributed by atoms with Crippen molar-refractivity contribution in [1.29, 1.82) is 0 Å². The predicted octanol–water partition coefficient (Wildman–Crippen LogP) is 6.11. The van der Waals surface area contributed by atoms with Gasteiger partial charge in [0.15, 0.2) is 0 Å². The van der Waals surface area contributed by atoms with Crippen LogP contribution in [0.5, 0.6) is 11.5 Å². The van der Waals surface area contributed by atoms with Gasteiger partial charge in [-0.3, -0.25) is 0 Å². The maximum atomic E-state index is 12.4. The molecular weight excluding hydrogens is 763 g/mol. The molecular formula is C49H44K2O2S2. The third-order valence-electron chi connectivity index (χ3n) is 9.15. The third-order valence-corrected chi connectivity index (χ3v) is 9.59. The minimum atomic E-state index is 0. The second-order valence-electron chi connectivity index (χ2n) is 13.1. The van der Waals surface area contributed by atoms with Crippen LogP contribution in [-0.2, 0) is 12.8 Å². The van der Waals surface area contributed by atoms with Crippen LogP contribution >= 0.6 is 24.4 Å². The molecule has 0 heterocycles. The van der Waals surface area contributed by atoms with Crippen LogP contribution in [0, 0.1) is 6.92 Å². The summed E-state index contributed by atoms with van der Waals surface area (Å²) in [6.45, 7) is 9.72. The van der Waals surface area contributed by atoms with E-state index in [4.69, 9.17) is 24.4 Å². The van der Waals surface area contributed by atoms with Crippen molar-refractivity contribution in [3.8, 4) is 33.8 Å². The minimum absolute atomic E-state index is 0. The van der Waals surface area contributed by atoms with Gasteiger partial charge in [0.2, 0.25) is 0 Å². The Bertz CT molecular complexity index is 2260. The molecule has 0 aliphatic rings. The predicted molar refractivity (Wildman–Crippen MR) is 232 cm³/mol. The first-order chi connectivity index (χ1) is 25.6. The molecule has 266 valence electrons. The molecule has 0 aliphatic carbocycles. The van der Waals surface area contributed by atoms with Crippen molar-refractivity contribution in [3.63, 3.8) is 0 Å². The second kappa shape index (κ2) is 23.3. The Morgan fingerprint density at radius 2 is 0.800 bits per heavy atom. The van der Waals surface area contributed by atoms with Gasteiger partial charge in [0.1, 0.15) is 0 Å². The molecule has 0 saturated heterocycles. The van der Waals surface area contributed by atoms with Crippen molar-refractivity contribution < 1.29 is 113 Å². The van der Waals surface area contributed by atoms with Gasteiger partial charge in [0, 0.05) is 9.73 Å². The Balaban J connectivity index is 0.000000285. The molecule has 6 aromatic carbocycles. The first-order valence-corrected chi connectivity index (χ1v) is 18.8. The molecule has 55 heavy (non-hydrogen) atoms. The molecule has 6 heteroatoms. The first-order valence-electron chi connectivity index (χ1n) is 17.9. The van der Waals surface area contributed by atoms with Crippen molar-refractivity contribution in [3.05, 3.63) is 177 Å². The van der Waals surface area contributed by atoms with Gasteiger partial charge in [0.25, 0.3) is 0 Å². The molecule has 0 unspecified atom stereocenters. The number of hydrogen-bond donors (Lipinski definition) is 0. The standard InChI is InChI=1S/C25H24OS.C24H22OS.2K/c1-4-21-15-23(16-24(18(3)27)25(21)26)22-13-11-20(12-14-22)10-9-19-7-5-17(2)6-8-19;1-3-20-15-22(16-23(17(2)26)24(20)25)21-13-11-19(12-14-21)10-9-18-7-5-4-6-8-18;;/h5-16,26H,4H2,1-3H3;4-16,25H,3H2,1-2H3;;/q;;2*+1/p-2/b2*10-9+;;. The smallest absolute Gasteiger partial charge is 0.872 e. The summed E-state index contributed by atoms with van der Waals surface area (Å²) >= 11 is 10.5. The summed E-state index contributed by atoms with van der Waals surface area (Å²) in [4.78, 5) is 1.29. The molecule has 0 spiro atoms. The van der Waals surface area contributed by atoms with Gasteiger partial charge in [-0.05, 0) is 101 Å². The van der Waals surface area contributed by atoms with E-state index in [-0.39, 0.29) is 114 Å². The van der Waals surface area contributed by atoms with Gasteiger partial charge < -0.3 is 10.2 Å². The minimum Gasteiger partial charge on any atom is -0.872 e. The molecule has 0 aliphatic heterocycles. The number of benzene rings is 6. The van der Waals surface area contributed by atoms with E-state index in [1.807, 2.05) is 70.2 Å². The molecule has 0 atom stereocenters. The Morgan fingerprint density at radius 3 is 1.13 bits per heavy atom. The van der Waals surface area contributed by atoms with Gasteiger partial charge in [0.05, 0.1) is 0 Å². The fourth-order valence-electron chi connectivity index (χ4n) is 5.96. The molecule has 0 saturated carbocycles. The van der Waals surface area contributed by atoms with Crippen LogP contribution in [0.25, 0.3) is 46.6 Å². The summed E-state index contributed by atoms with van der Waals surface area (Å²) in [6.07, 6.45) is 9.84. The molecule has 0 bridgehead atoms. The quantitative estimate of drug-likeness (QED) is 0.0726. The zero-order valence-corrected chi connectivity index (χ0v) is 40.9. The summed E-state index contributed by atoms with van der Waals surface area (Å²) < 4.78 is 0. The molecule has 0 radical (unpaired) electrons. The maximum Gasteiger partial charge on any atom is 1.00 e. The van der Waals surface area contributed by atoms with E-state index < -0.39 is 0 Å². The molecule has 2 nitrogen and oxygen atoms in total. The molecule has 0 amide bonds. The van der Waals surface area contributed by atoms with Crippen LogP contribution in [0.15, 0.2) is 127 Å². The fraction of sp³-hybridized carbons (Fsp3) is 0.143. The summed E-state index contributed by atoms with van der Waals surface area (Å²) in [5.74, 6) is 0.123. The van der Waals surface area contributed by atoms with Crippen molar-refractivity contribution in [2.75, 3.05) is 0 Å². The zero-order chi connectivity index (χ0) is 37.9. The Hall–Kier alpha value is -2.15. The average molecular weight is 807 g/mol. The number of thiocarbonyl (C=S) groups is 2. The monoisotopic (exact) mass is 806 g/mol. The van der Waals surface area contributed by atoms with Gasteiger partial charge in [-0.1, -0.05) is 206 Å². The van der Waals surface area contributed by atoms with Crippen molar-refractivity contribution in [2.24, 2.45) is 0 Å². The number of rotatable bonds is 10. The SMILES string of the molecule is CCc1cc(-c2ccc(/C=C/c3ccc(C)cc3)cc2)cc(C(C)=S)c1[O-].CCc1cc(-c2ccc(/C=C/c3ccccc3)cc2)cc(C(C)=S)c1[O-].[K+].[K+]. The summed E-state index contributed by atoms with van der Waals surface area (Å²) in [7, 11) is 0. The molecule has 0 fully saturated rings. The zero-order valence-electron chi connectivity index (χ0n) is 33.0. The van der Waals surface area contributed by atoms with Crippen LogP contribution in [0.2, 0.25) is 0 Å². The van der Waals surface area contributed by atoms with Gasteiger partial charge in [-0.15, -0.1) is 0 Å². The third kappa shape index (κ3) is 13.5. The van der Waals surface area contributed by atoms with Crippen molar-refractivity contribution >= 4 is 58.5 Å². The fourth-order valence-corrected chi connectivity index (χ4v) is 6.26. The van der Waals surface area contributed by atoms with Crippen molar-refractivity contribution in [1.82, 2.24) is 0 Å². The van der Waals surface area contributed by atoms with Crippen LogP contribution in [-0.4, -0.2) is 9.73 Å². The van der Waals surface area contributed by atoms with E-state index in [2.05, 4.69) is 116 Å². The van der Waals surface area contributed by atoms with Crippen LogP contribution in [0.4, 0.5) is 0 Å². The van der Waals surface area contributed by atoms with Crippen LogP contribution in [0.1, 0.15) is 77.8 Å². The maximum absolute atomic E-state index is 12.4. The van der Waals surface area contributed by atoms with Crippen LogP contribution < -0.4 is 113 Å². The average Bonchev–Trinajstić information content (AvgIpc) is 3.18. The topological polar surface area (TPSA) is 46.1 Å². The molecule has 0 N–H and O–H groups in total. The van der Waals surface area contributed by atoms with E-state index in [9.17, 15) is 10.2 Å². The molecule has 0 aromatic heterocycles. The van der Waals surface area contributed by atoms with E-state index >= 15 is 0 Å². The largest absolute Gasteiger partial charge is 1.00 e. The Labute approximate surface area is 423 Å². The van der Waals surface area contributed by atoms with Crippen LogP contribution in [0.3, 0.4) is 0 Å². The van der Waals surface area contributed by atoms with Crippen molar-refractivity contribution in [2.45, 2.75) is 47.5 Å². The van der Waals surface area contributed by atoms with Gasteiger partial charge >= 0.3 is 103 Å². The summed E-state index contributed by atoms with van der Waals surface area (Å²) in [5.41, 5.74) is 13.1. The molecule has 6 rings (SSSR count). The summed E-state index contributed by atoms with van der Waals surface area (Å²) in [5, 5.41) is 24.8. The molecule has 6 aromatic rings. The number of hydrogen-bond acceptors (Lipinski definition) is 4. The van der Waals surface area contributed by atoms with E-state index in [0.29, 0.717) is 33.7 Å². The summed E-state index contributed by atoms with van der Waals surface area (Å²) in [6, 6.07) is 43.3. The normalized spacial score (nSPS) is 10.6. The van der Waals surface area contributed by atoms with Gasteiger partial charge in [-0.25, -0.2) is 0 Å².